The Morgan fingerprint density at radius 3 is 2.88 bits per heavy atom. The summed E-state index contributed by atoms with van der Waals surface area (Å²) in [5.74, 6) is -0.236. The third kappa shape index (κ3) is 2.50. The zero-order valence-corrected chi connectivity index (χ0v) is 10.6. The highest BCUT2D eigenvalue weighted by molar-refractivity contribution is 5.79. The van der Waals surface area contributed by atoms with Gasteiger partial charge in [-0.25, -0.2) is 0 Å². The van der Waals surface area contributed by atoms with E-state index in [4.69, 9.17) is 5.73 Å². The fourth-order valence-electron chi connectivity index (χ4n) is 2.36. The molecule has 1 heterocycles. The largest absolute Gasteiger partial charge is 0.368 e. The zero-order chi connectivity index (χ0) is 12.4. The molecule has 0 aliphatic carbocycles. The average Bonchev–Trinajstić information content (AvgIpc) is 2.36. The molecule has 3 nitrogen and oxygen atoms in total. The van der Waals surface area contributed by atoms with E-state index >= 15 is 0 Å². The first-order chi connectivity index (χ1) is 8.11. The van der Waals surface area contributed by atoms with Crippen molar-refractivity contribution in [2.45, 2.75) is 39.3 Å². The van der Waals surface area contributed by atoms with Crippen molar-refractivity contribution < 1.29 is 4.79 Å². The van der Waals surface area contributed by atoms with E-state index in [9.17, 15) is 4.79 Å². The highest BCUT2D eigenvalue weighted by Gasteiger charge is 2.23. The van der Waals surface area contributed by atoms with Crippen LogP contribution in [0.15, 0.2) is 18.2 Å². The van der Waals surface area contributed by atoms with Crippen molar-refractivity contribution in [3.63, 3.8) is 0 Å². The summed E-state index contributed by atoms with van der Waals surface area (Å²) in [5.41, 5.74) is 9.48. The Labute approximate surface area is 103 Å². The molecule has 3 heteroatoms. The first-order valence-corrected chi connectivity index (χ1v) is 6.26. The molecule has 0 radical (unpaired) electrons. The summed E-state index contributed by atoms with van der Waals surface area (Å²) in [4.78, 5) is 13.4. The predicted molar refractivity (Wildman–Crippen MR) is 68.6 cm³/mol. The maximum atomic E-state index is 11.2. The fourth-order valence-corrected chi connectivity index (χ4v) is 2.36. The zero-order valence-electron chi connectivity index (χ0n) is 10.6. The third-order valence-electron chi connectivity index (χ3n) is 3.68. The molecule has 0 fully saturated rings. The van der Waals surface area contributed by atoms with Gasteiger partial charge in [-0.2, -0.15) is 0 Å². The van der Waals surface area contributed by atoms with E-state index in [0.717, 1.165) is 25.9 Å². The Kier molecular flexibility index (Phi) is 3.48. The first kappa shape index (κ1) is 12.1. The Morgan fingerprint density at radius 2 is 2.24 bits per heavy atom. The van der Waals surface area contributed by atoms with Crippen LogP contribution in [-0.2, 0) is 24.2 Å². The molecule has 1 aromatic rings. The number of amides is 1. The van der Waals surface area contributed by atoms with Crippen LogP contribution in [-0.4, -0.2) is 23.4 Å². The maximum absolute atomic E-state index is 11.2. The summed E-state index contributed by atoms with van der Waals surface area (Å²) in [6.45, 7) is 5.81. The van der Waals surface area contributed by atoms with Crippen molar-refractivity contribution in [2.24, 2.45) is 5.73 Å². The van der Waals surface area contributed by atoms with Crippen LogP contribution < -0.4 is 5.73 Å². The topological polar surface area (TPSA) is 46.3 Å². The number of primary amides is 1. The monoisotopic (exact) mass is 232 g/mol. The summed E-state index contributed by atoms with van der Waals surface area (Å²) in [6, 6.07) is 6.51. The number of nitrogens with two attached hydrogens (primary N) is 1. The van der Waals surface area contributed by atoms with Crippen LogP contribution in [0.1, 0.15) is 30.5 Å². The summed E-state index contributed by atoms with van der Waals surface area (Å²) < 4.78 is 0. The molecule has 17 heavy (non-hydrogen) atoms. The van der Waals surface area contributed by atoms with Crippen molar-refractivity contribution >= 4 is 5.91 Å². The predicted octanol–water partition coefficient (Wildman–Crippen LogP) is 1.48. The molecule has 2 N–H and O–H groups in total. The second-order valence-corrected chi connectivity index (χ2v) is 4.76. The van der Waals surface area contributed by atoms with Crippen LogP contribution in [0.3, 0.4) is 0 Å². The molecule has 1 atom stereocenters. The quantitative estimate of drug-likeness (QED) is 0.858. The molecule has 0 saturated heterocycles. The third-order valence-corrected chi connectivity index (χ3v) is 3.68. The standard InChI is InChI=1S/C14H20N2O/c1-3-11-4-5-12-6-7-16(9-13(12)8-11)10(2)14(15)17/h4-5,8,10H,3,6-7,9H2,1-2H3,(H2,15,17). The molecule has 0 spiro atoms. The van der Waals surface area contributed by atoms with E-state index in [-0.39, 0.29) is 11.9 Å². The van der Waals surface area contributed by atoms with Crippen molar-refractivity contribution in [3.05, 3.63) is 34.9 Å². The average molecular weight is 232 g/mol. The van der Waals surface area contributed by atoms with E-state index in [0.29, 0.717) is 0 Å². The van der Waals surface area contributed by atoms with E-state index in [2.05, 4.69) is 30.0 Å². The number of aryl methyl sites for hydroxylation is 1. The first-order valence-electron chi connectivity index (χ1n) is 6.26. The van der Waals surface area contributed by atoms with Gasteiger partial charge in [0, 0.05) is 13.1 Å². The van der Waals surface area contributed by atoms with Crippen LogP contribution in [0.4, 0.5) is 0 Å². The van der Waals surface area contributed by atoms with Gasteiger partial charge < -0.3 is 5.73 Å². The van der Waals surface area contributed by atoms with Crippen molar-refractivity contribution in [1.29, 1.82) is 0 Å². The number of nitrogens with zero attached hydrogens (tertiary/aromatic N) is 1. The molecule has 0 aromatic heterocycles. The minimum absolute atomic E-state index is 0.173. The number of carbonyl (C=O) groups is 1. The van der Waals surface area contributed by atoms with Gasteiger partial charge in [-0.05, 0) is 36.5 Å². The van der Waals surface area contributed by atoms with Crippen LogP contribution >= 0.6 is 0 Å². The Morgan fingerprint density at radius 1 is 1.47 bits per heavy atom. The molecule has 1 aliphatic heterocycles. The number of carbonyl (C=O) groups excluding carboxylic acids is 1. The fraction of sp³-hybridized carbons (Fsp3) is 0.500. The number of fused-ring (bicyclic) bond motifs is 1. The molecular weight excluding hydrogens is 212 g/mol. The van der Waals surface area contributed by atoms with Gasteiger partial charge in [-0.3, -0.25) is 9.69 Å². The van der Waals surface area contributed by atoms with Gasteiger partial charge in [-0.1, -0.05) is 25.1 Å². The van der Waals surface area contributed by atoms with Crippen LogP contribution in [0.5, 0.6) is 0 Å². The molecule has 2 rings (SSSR count). The molecule has 0 bridgehead atoms. The summed E-state index contributed by atoms with van der Waals surface area (Å²) in [5, 5.41) is 0. The number of benzene rings is 1. The highest BCUT2D eigenvalue weighted by Crippen LogP contribution is 2.22. The minimum Gasteiger partial charge on any atom is -0.368 e. The van der Waals surface area contributed by atoms with Gasteiger partial charge >= 0.3 is 0 Å². The van der Waals surface area contributed by atoms with Crippen LogP contribution in [0.2, 0.25) is 0 Å². The van der Waals surface area contributed by atoms with Gasteiger partial charge in [-0.15, -0.1) is 0 Å². The Balaban J connectivity index is 2.19. The number of hydrogen-bond acceptors (Lipinski definition) is 2. The lowest BCUT2D eigenvalue weighted by Gasteiger charge is -2.32. The molecule has 1 aromatic carbocycles. The van der Waals surface area contributed by atoms with Gasteiger partial charge in [0.05, 0.1) is 6.04 Å². The smallest absolute Gasteiger partial charge is 0.234 e. The van der Waals surface area contributed by atoms with Crippen LogP contribution in [0, 0.1) is 0 Å². The lowest BCUT2D eigenvalue weighted by molar-refractivity contribution is -0.123. The summed E-state index contributed by atoms with van der Waals surface area (Å²) >= 11 is 0. The van der Waals surface area contributed by atoms with Crippen molar-refractivity contribution in [2.75, 3.05) is 6.54 Å². The van der Waals surface area contributed by atoms with E-state index in [1.54, 1.807) is 0 Å². The van der Waals surface area contributed by atoms with Gasteiger partial charge in [0.15, 0.2) is 0 Å². The maximum Gasteiger partial charge on any atom is 0.234 e. The molecule has 1 unspecified atom stereocenters. The minimum atomic E-state index is -0.236. The van der Waals surface area contributed by atoms with Gasteiger partial charge in [0.25, 0.3) is 0 Å². The SMILES string of the molecule is CCc1ccc2c(c1)CN(C(C)C(N)=O)CC2. The Bertz CT molecular complexity index is 428. The molecule has 1 amide bonds. The van der Waals surface area contributed by atoms with Crippen molar-refractivity contribution in [3.8, 4) is 0 Å². The van der Waals surface area contributed by atoms with E-state index in [1.807, 2.05) is 6.92 Å². The van der Waals surface area contributed by atoms with Gasteiger partial charge in [0.1, 0.15) is 0 Å². The lowest BCUT2D eigenvalue weighted by atomic mass is 9.96. The molecule has 92 valence electrons. The normalized spacial score (nSPS) is 17.5. The van der Waals surface area contributed by atoms with Gasteiger partial charge in [0.2, 0.25) is 5.91 Å². The van der Waals surface area contributed by atoms with E-state index in [1.165, 1.54) is 16.7 Å². The number of hydrogen-bond donors (Lipinski definition) is 1. The second kappa shape index (κ2) is 4.88. The molecule has 1 aliphatic rings. The molecular formula is C14H20N2O. The van der Waals surface area contributed by atoms with Crippen LogP contribution in [0.25, 0.3) is 0 Å². The van der Waals surface area contributed by atoms with Crippen molar-refractivity contribution in [1.82, 2.24) is 4.90 Å². The second-order valence-electron chi connectivity index (χ2n) is 4.76. The summed E-state index contributed by atoms with van der Waals surface area (Å²) in [7, 11) is 0. The molecule has 0 saturated carbocycles. The number of rotatable bonds is 3. The van der Waals surface area contributed by atoms with E-state index < -0.39 is 0 Å². The lowest BCUT2D eigenvalue weighted by Crippen LogP contribution is -2.45. The summed E-state index contributed by atoms with van der Waals surface area (Å²) in [6.07, 6.45) is 2.07. The highest BCUT2D eigenvalue weighted by atomic mass is 16.1. The Hall–Kier alpha value is -1.35.